The first-order valence-corrected chi connectivity index (χ1v) is 7.67. The molecule has 0 saturated heterocycles. The van der Waals surface area contributed by atoms with E-state index < -0.39 is 9.84 Å². The topological polar surface area (TPSA) is 46.2 Å². The van der Waals surface area contributed by atoms with Gasteiger partial charge in [-0.15, -0.1) is 6.58 Å². The molecule has 1 unspecified atom stereocenters. The molecular formula is C9H19NO2S2. The van der Waals surface area contributed by atoms with Crippen molar-refractivity contribution in [2.24, 2.45) is 0 Å². The fourth-order valence-electron chi connectivity index (χ4n) is 0.848. The minimum atomic E-state index is -2.80. The summed E-state index contributed by atoms with van der Waals surface area (Å²) in [6.45, 7) is 7.38. The van der Waals surface area contributed by atoms with E-state index in [1.54, 1.807) is 11.8 Å². The van der Waals surface area contributed by atoms with Crippen LogP contribution in [0, 0.1) is 0 Å². The molecule has 0 amide bonds. The van der Waals surface area contributed by atoms with Crippen LogP contribution in [0.25, 0.3) is 0 Å². The fraction of sp³-hybridized carbons (Fsp3) is 0.778. The predicted octanol–water partition coefficient (Wildman–Crippen LogP) is 0.928. The second-order valence-electron chi connectivity index (χ2n) is 3.26. The molecule has 0 aliphatic heterocycles. The molecule has 0 aromatic heterocycles. The lowest BCUT2D eigenvalue weighted by Gasteiger charge is -2.10. The van der Waals surface area contributed by atoms with Crippen LogP contribution in [0.15, 0.2) is 12.7 Å². The van der Waals surface area contributed by atoms with Crippen molar-refractivity contribution < 1.29 is 8.42 Å². The van der Waals surface area contributed by atoms with Crippen molar-refractivity contribution in [2.45, 2.75) is 12.2 Å². The molecule has 0 aromatic carbocycles. The molecule has 0 aliphatic rings. The van der Waals surface area contributed by atoms with Crippen molar-refractivity contribution in [3.8, 4) is 0 Å². The normalized spacial score (nSPS) is 13.9. The van der Waals surface area contributed by atoms with E-state index in [0.29, 0.717) is 11.0 Å². The highest BCUT2D eigenvalue weighted by atomic mass is 32.2. The zero-order valence-electron chi connectivity index (χ0n) is 8.82. The van der Waals surface area contributed by atoms with Gasteiger partial charge in [-0.2, -0.15) is 11.8 Å². The van der Waals surface area contributed by atoms with Crippen LogP contribution in [0.4, 0.5) is 0 Å². The summed E-state index contributed by atoms with van der Waals surface area (Å²) in [6, 6.07) is 0. The van der Waals surface area contributed by atoms with E-state index in [9.17, 15) is 8.42 Å². The molecule has 0 bridgehead atoms. The second kappa shape index (κ2) is 7.31. The molecule has 1 N–H and O–H groups in total. The summed E-state index contributed by atoms with van der Waals surface area (Å²) in [5, 5.41) is 3.64. The third-order valence-electron chi connectivity index (χ3n) is 1.58. The van der Waals surface area contributed by atoms with Crippen molar-refractivity contribution in [3.63, 3.8) is 0 Å². The Morgan fingerprint density at radius 2 is 2.21 bits per heavy atom. The van der Waals surface area contributed by atoms with E-state index in [4.69, 9.17) is 0 Å². The maximum absolute atomic E-state index is 10.8. The molecule has 0 saturated carbocycles. The van der Waals surface area contributed by atoms with Crippen molar-refractivity contribution >= 4 is 21.6 Å². The molecule has 0 aliphatic carbocycles. The maximum Gasteiger partial charge on any atom is 0.148 e. The van der Waals surface area contributed by atoms with Crippen LogP contribution in [-0.2, 0) is 9.84 Å². The van der Waals surface area contributed by atoms with Crippen LogP contribution in [0.2, 0.25) is 0 Å². The lowest BCUT2D eigenvalue weighted by Crippen LogP contribution is -2.23. The standard InChI is InChI=1S/C9H19NO2S2/c1-4-5-10-8-9(2)13-6-7-14(3,11)12/h4,9-10H,1,5-8H2,2-3H3. The van der Waals surface area contributed by atoms with Gasteiger partial charge in [0.05, 0.1) is 5.75 Å². The molecule has 5 heteroatoms. The van der Waals surface area contributed by atoms with Crippen LogP contribution in [-0.4, -0.2) is 44.5 Å². The van der Waals surface area contributed by atoms with Crippen LogP contribution in [0.5, 0.6) is 0 Å². The molecule has 14 heavy (non-hydrogen) atoms. The predicted molar refractivity (Wildman–Crippen MR) is 64.7 cm³/mol. The Morgan fingerprint density at radius 3 is 2.71 bits per heavy atom. The van der Waals surface area contributed by atoms with E-state index in [2.05, 4.69) is 18.8 Å². The van der Waals surface area contributed by atoms with Crippen molar-refractivity contribution in [3.05, 3.63) is 12.7 Å². The monoisotopic (exact) mass is 237 g/mol. The molecular weight excluding hydrogens is 218 g/mol. The van der Waals surface area contributed by atoms with E-state index in [1.807, 2.05) is 6.08 Å². The lowest BCUT2D eigenvalue weighted by molar-refractivity contribution is 0.603. The highest BCUT2D eigenvalue weighted by Crippen LogP contribution is 2.09. The van der Waals surface area contributed by atoms with E-state index >= 15 is 0 Å². The number of nitrogens with one attached hydrogen (secondary N) is 1. The average Bonchev–Trinajstić information content (AvgIpc) is 2.02. The second-order valence-corrected chi connectivity index (χ2v) is 7.06. The summed E-state index contributed by atoms with van der Waals surface area (Å²) in [4.78, 5) is 0. The molecule has 0 rings (SSSR count). The van der Waals surface area contributed by atoms with Gasteiger partial charge in [-0.25, -0.2) is 8.42 Å². The molecule has 0 fully saturated rings. The third-order valence-corrected chi connectivity index (χ3v) is 3.96. The first-order valence-electron chi connectivity index (χ1n) is 4.56. The van der Waals surface area contributed by atoms with Gasteiger partial charge in [0.1, 0.15) is 9.84 Å². The minimum absolute atomic E-state index is 0.267. The zero-order chi connectivity index (χ0) is 11.0. The van der Waals surface area contributed by atoms with Gasteiger partial charge in [-0.3, -0.25) is 0 Å². The highest BCUT2D eigenvalue weighted by molar-refractivity contribution is 8.01. The largest absolute Gasteiger partial charge is 0.312 e. The molecule has 0 spiro atoms. The first-order chi connectivity index (χ1) is 6.45. The molecule has 0 heterocycles. The summed E-state index contributed by atoms with van der Waals surface area (Å²) in [5.41, 5.74) is 0. The average molecular weight is 237 g/mol. The quantitative estimate of drug-likeness (QED) is 0.504. The van der Waals surface area contributed by atoms with Gasteiger partial charge in [0.25, 0.3) is 0 Å². The number of sulfone groups is 1. The highest BCUT2D eigenvalue weighted by Gasteiger charge is 2.05. The minimum Gasteiger partial charge on any atom is -0.312 e. The number of hydrogen-bond donors (Lipinski definition) is 1. The van der Waals surface area contributed by atoms with Crippen molar-refractivity contribution in [2.75, 3.05) is 30.9 Å². The molecule has 0 radical (unpaired) electrons. The van der Waals surface area contributed by atoms with Gasteiger partial charge in [-0.1, -0.05) is 13.0 Å². The first kappa shape index (κ1) is 14.0. The van der Waals surface area contributed by atoms with Crippen molar-refractivity contribution in [1.82, 2.24) is 5.32 Å². The van der Waals surface area contributed by atoms with E-state index in [0.717, 1.165) is 13.1 Å². The number of hydrogen-bond acceptors (Lipinski definition) is 4. The van der Waals surface area contributed by atoms with Crippen LogP contribution >= 0.6 is 11.8 Å². The Hall–Kier alpha value is -0.0000000000000000555. The molecule has 3 nitrogen and oxygen atoms in total. The molecule has 84 valence electrons. The van der Waals surface area contributed by atoms with Gasteiger partial charge in [-0.05, 0) is 0 Å². The van der Waals surface area contributed by atoms with Gasteiger partial charge < -0.3 is 5.32 Å². The summed E-state index contributed by atoms with van der Waals surface area (Å²) >= 11 is 1.68. The number of thioether (sulfide) groups is 1. The van der Waals surface area contributed by atoms with Crippen LogP contribution < -0.4 is 5.32 Å². The van der Waals surface area contributed by atoms with Gasteiger partial charge in [0.2, 0.25) is 0 Å². The SMILES string of the molecule is C=CCNCC(C)SCCS(C)(=O)=O. The summed E-state index contributed by atoms with van der Waals surface area (Å²) < 4.78 is 21.7. The Morgan fingerprint density at radius 1 is 1.57 bits per heavy atom. The Balaban J connectivity index is 3.44. The van der Waals surface area contributed by atoms with Gasteiger partial charge >= 0.3 is 0 Å². The lowest BCUT2D eigenvalue weighted by atomic mass is 10.4. The Kier molecular flexibility index (Phi) is 7.31. The van der Waals surface area contributed by atoms with E-state index in [-0.39, 0.29) is 5.75 Å². The van der Waals surface area contributed by atoms with Crippen LogP contribution in [0.3, 0.4) is 0 Å². The third kappa shape index (κ3) is 10.1. The zero-order valence-corrected chi connectivity index (χ0v) is 10.5. The van der Waals surface area contributed by atoms with Crippen LogP contribution in [0.1, 0.15) is 6.92 Å². The van der Waals surface area contributed by atoms with Gasteiger partial charge in [0, 0.05) is 30.3 Å². The smallest absolute Gasteiger partial charge is 0.148 e. The fourth-order valence-corrected chi connectivity index (χ4v) is 3.08. The summed E-state index contributed by atoms with van der Waals surface area (Å²) in [6.07, 6.45) is 3.09. The molecule has 0 aromatic rings. The molecule has 1 atom stereocenters. The Bertz CT molecular complexity index is 250. The maximum atomic E-state index is 10.8. The number of rotatable bonds is 8. The summed E-state index contributed by atoms with van der Waals surface area (Å²) in [7, 11) is -2.80. The summed E-state index contributed by atoms with van der Waals surface area (Å²) in [5.74, 6) is 0.944. The Labute approximate surface area is 91.3 Å². The van der Waals surface area contributed by atoms with Gasteiger partial charge in [0.15, 0.2) is 0 Å². The van der Waals surface area contributed by atoms with E-state index in [1.165, 1.54) is 6.26 Å². The van der Waals surface area contributed by atoms with Crippen molar-refractivity contribution in [1.29, 1.82) is 0 Å².